The minimum atomic E-state index is -4.94. The molecule has 4 nitrogen and oxygen atoms in total. The van der Waals surface area contributed by atoms with Crippen LogP contribution < -0.4 is 18.6 Å². The van der Waals surface area contributed by atoms with E-state index in [1.54, 1.807) is 0 Å². The van der Waals surface area contributed by atoms with Gasteiger partial charge in [0.15, 0.2) is 4.90 Å². The van der Waals surface area contributed by atoms with Crippen molar-refractivity contribution in [3.8, 4) is 0 Å². The van der Waals surface area contributed by atoms with Crippen LogP contribution >= 0.6 is 0 Å². The second-order valence-corrected chi connectivity index (χ2v) is 7.53. The summed E-state index contributed by atoms with van der Waals surface area (Å²) in [5, 5.41) is 0. The third-order valence-electron chi connectivity index (χ3n) is 2.88. The highest BCUT2D eigenvalue weighted by atomic mass is 35.7. The Morgan fingerprint density at radius 1 is 0.870 bits per heavy atom. The van der Waals surface area contributed by atoms with Crippen molar-refractivity contribution in [3.63, 3.8) is 0 Å². The first kappa shape index (κ1) is 19.7. The van der Waals surface area contributed by atoms with Gasteiger partial charge in [0.2, 0.25) is 0 Å². The molecule has 0 aromatic heterocycles. The van der Waals surface area contributed by atoms with E-state index in [2.05, 4.69) is 67.2 Å². The van der Waals surface area contributed by atoms with Gasteiger partial charge in [-0.15, -0.1) is 10.2 Å². The molecule has 124 valence electrons. The van der Waals surface area contributed by atoms with Crippen LogP contribution in [0.3, 0.4) is 0 Å². The van der Waals surface area contributed by atoms with Gasteiger partial charge in [-0.25, -0.2) is 18.6 Å². The Morgan fingerprint density at radius 3 is 1.83 bits per heavy atom. The quantitative estimate of drug-likeness (QED) is 0.508. The Hall–Kier alpha value is -1.34. The molecule has 0 saturated carbocycles. The maximum absolute atomic E-state index is 8.49. The van der Waals surface area contributed by atoms with Crippen LogP contribution in [-0.4, -0.2) is 11.5 Å². The van der Waals surface area contributed by atoms with Crippen LogP contribution in [-0.2, 0) is 17.3 Å². The average molecular weight is 355 g/mol. The Labute approximate surface area is 141 Å². The highest BCUT2D eigenvalue weighted by Gasteiger charge is 2.19. The predicted octanol–water partition coefficient (Wildman–Crippen LogP) is -0.663. The van der Waals surface area contributed by atoms with Crippen molar-refractivity contribution >= 4 is 10.9 Å². The first-order valence-corrected chi connectivity index (χ1v) is 9.69. The van der Waals surface area contributed by atoms with Crippen molar-refractivity contribution in [1.29, 1.82) is 0 Å². The molecular formula is C17H19ClO4S. The summed E-state index contributed by atoms with van der Waals surface area (Å²) < 4.78 is 34.0. The molecule has 0 bridgehead atoms. The fourth-order valence-corrected chi connectivity index (χ4v) is 3.84. The SMILES string of the molecule is C=CC[S+](CCc1ccccc1)c1ccccc1.[O-][Cl+3]([O-])([O-])[O-]. The van der Waals surface area contributed by atoms with Crippen molar-refractivity contribution in [3.05, 3.63) is 78.9 Å². The van der Waals surface area contributed by atoms with E-state index in [1.165, 1.54) is 16.2 Å². The Morgan fingerprint density at radius 2 is 1.35 bits per heavy atom. The zero-order valence-electron chi connectivity index (χ0n) is 12.6. The molecule has 0 aliphatic heterocycles. The smallest absolute Gasteiger partial charge is 0.155 e. The molecule has 0 amide bonds. The van der Waals surface area contributed by atoms with Crippen molar-refractivity contribution in [2.45, 2.75) is 11.3 Å². The number of halogens is 1. The lowest BCUT2D eigenvalue weighted by Gasteiger charge is -2.17. The highest BCUT2D eigenvalue weighted by molar-refractivity contribution is 7.97. The van der Waals surface area contributed by atoms with E-state index < -0.39 is 10.2 Å². The summed E-state index contributed by atoms with van der Waals surface area (Å²) in [5.41, 5.74) is 1.43. The normalized spacial score (nSPS) is 12.0. The van der Waals surface area contributed by atoms with Gasteiger partial charge in [0.05, 0.1) is 0 Å². The summed E-state index contributed by atoms with van der Waals surface area (Å²) in [6.07, 6.45) is 3.19. The van der Waals surface area contributed by atoms with Gasteiger partial charge in [0.25, 0.3) is 0 Å². The first-order chi connectivity index (χ1) is 10.9. The standard InChI is InChI=1S/C17H19S.ClHO4/c1-2-14-18(17-11-7-4-8-12-17)15-13-16-9-5-3-6-10-16;2-1(3,4)5/h2-12H,1,13-15H2;(H,2,3,4,5)/q+1;/p-1. The summed E-state index contributed by atoms with van der Waals surface area (Å²) in [6, 6.07) is 21.5. The van der Waals surface area contributed by atoms with Crippen LogP contribution in [0, 0.1) is 10.2 Å². The van der Waals surface area contributed by atoms with E-state index in [-0.39, 0.29) is 0 Å². The zero-order valence-corrected chi connectivity index (χ0v) is 14.2. The fourth-order valence-electron chi connectivity index (χ4n) is 1.94. The molecule has 1 unspecified atom stereocenters. The molecule has 23 heavy (non-hydrogen) atoms. The van der Waals surface area contributed by atoms with Gasteiger partial charge in [-0.1, -0.05) is 55.1 Å². The molecule has 0 aliphatic carbocycles. The lowest BCUT2D eigenvalue weighted by Crippen LogP contribution is -2.68. The van der Waals surface area contributed by atoms with Crippen LogP contribution in [0.15, 0.2) is 78.2 Å². The van der Waals surface area contributed by atoms with Crippen molar-refractivity contribution in [2.24, 2.45) is 0 Å². The second kappa shape index (κ2) is 10.4. The molecule has 0 saturated heterocycles. The van der Waals surface area contributed by atoms with Crippen LogP contribution in [0.2, 0.25) is 0 Å². The molecule has 0 spiro atoms. The predicted molar refractivity (Wildman–Crippen MR) is 82.2 cm³/mol. The van der Waals surface area contributed by atoms with E-state index in [0.717, 1.165) is 12.2 Å². The molecule has 0 aliphatic rings. The molecule has 2 aromatic rings. The van der Waals surface area contributed by atoms with E-state index in [9.17, 15) is 0 Å². The maximum Gasteiger partial charge on any atom is 0.155 e. The summed E-state index contributed by atoms with van der Waals surface area (Å²) in [6.45, 7) is 3.89. The molecule has 2 aromatic carbocycles. The fraction of sp³-hybridized carbons (Fsp3) is 0.176. The van der Waals surface area contributed by atoms with Gasteiger partial charge in [0.1, 0.15) is 11.5 Å². The van der Waals surface area contributed by atoms with Crippen LogP contribution in [0.5, 0.6) is 0 Å². The van der Waals surface area contributed by atoms with Crippen LogP contribution in [0.1, 0.15) is 5.56 Å². The van der Waals surface area contributed by atoms with Crippen molar-refractivity contribution in [1.82, 2.24) is 0 Å². The zero-order chi connectivity index (χ0) is 17.1. The number of hydrogen-bond donors (Lipinski definition) is 0. The van der Waals surface area contributed by atoms with Gasteiger partial charge in [0, 0.05) is 17.3 Å². The summed E-state index contributed by atoms with van der Waals surface area (Å²) in [4.78, 5) is 1.45. The Bertz CT molecular complexity index is 552. The average Bonchev–Trinajstić information content (AvgIpc) is 2.52. The summed E-state index contributed by atoms with van der Waals surface area (Å²) in [5.74, 6) is 2.29. The highest BCUT2D eigenvalue weighted by Crippen LogP contribution is 2.15. The van der Waals surface area contributed by atoms with E-state index in [4.69, 9.17) is 18.6 Å². The monoisotopic (exact) mass is 354 g/mol. The topological polar surface area (TPSA) is 92.2 Å². The third-order valence-corrected chi connectivity index (χ3v) is 5.15. The third kappa shape index (κ3) is 10.1. The summed E-state index contributed by atoms with van der Waals surface area (Å²) >= 11 is 0. The molecule has 0 fully saturated rings. The minimum Gasteiger partial charge on any atom is -0.222 e. The van der Waals surface area contributed by atoms with Gasteiger partial charge in [-0.2, -0.15) is 0 Å². The second-order valence-electron chi connectivity index (χ2n) is 4.58. The number of hydrogen-bond acceptors (Lipinski definition) is 4. The van der Waals surface area contributed by atoms with Crippen LogP contribution in [0.4, 0.5) is 0 Å². The van der Waals surface area contributed by atoms with E-state index in [0.29, 0.717) is 10.9 Å². The van der Waals surface area contributed by atoms with Gasteiger partial charge >= 0.3 is 0 Å². The molecule has 0 N–H and O–H groups in total. The molecule has 0 radical (unpaired) electrons. The van der Waals surface area contributed by atoms with E-state index >= 15 is 0 Å². The van der Waals surface area contributed by atoms with Crippen molar-refractivity contribution in [2.75, 3.05) is 11.5 Å². The van der Waals surface area contributed by atoms with Gasteiger partial charge < -0.3 is 0 Å². The summed E-state index contributed by atoms with van der Waals surface area (Å²) in [7, 11) is -4.65. The van der Waals surface area contributed by atoms with E-state index in [1.807, 2.05) is 6.08 Å². The molecule has 0 heterocycles. The number of rotatable bonds is 6. The molecule has 6 heteroatoms. The number of aryl methyl sites for hydroxylation is 1. The maximum atomic E-state index is 8.49. The lowest BCUT2D eigenvalue weighted by molar-refractivity contribution is -2.00. The molecular weight excluding hydrogens is 336 g/mol. The Balaban J connectivity index is 0.000000463. The van der Waals surface area contributed by atoms with Crippen molar-refractivity contribution < 1.29 is 28.9 Å². The van der Waals surface area contributed by atoms with Gasteiger partial charge in [-0.05, 0) is 23.8 Å². The largest absolute Gasteiger partial charge is 0.222 e. The first-order valence-electron chi connectivity index (χ1n) is 6.89. The van der Waals surface area contributed by atoms with Gasteiger partial charge in [-0.3, -0.25) is 0 Å². The Kier molecular flexibility index (Phi) is 8.94. The molecule has 2 rings (SSSR count). The minimum absolute atomic E-state index is 0.294. The number of benzene rings is 2. The molecule has 1 atom stereocenters. The van der Waals surface area contributed by atoms with Crippen LogP contribution in [0.25, 0.3) is 0 Å². The lowest BCUT2D eigenvalue weighted by atomic mass is 10.2.